The van der Waals surface area contributed by atoms with Gasteiger partial charge in [-0.05, 0) is 36.0 Å². The van der Waals surface area contributed by atoms with Crippen LogP contribution in [0.5, 0.6) is 0 Å². The predicted octanol–water partition coefficient (Wildman–Crippen LogP) is 2.88. The van der Waals surface area contributed by atoms with Crippen molar-refractivity contribution in [3.8, 4) is 0 Å². The van der Waals surface area contributed by atoms with Crippen molar-refractivity contribution in [1.82, 2.24) is 10.3 Å². The molecule has 0 unspecified atom stereocenters. The van der Waals surface area contributed by atoms with Crippen molar-refractivity contribution in [3.05, 3.63) is 69.4 Å². The van der Waals surface area contributed by atoms with Crippen LogP contribution in [0.25, 0.3) is 6.08 Å². The van der Waals surface area contributed by atoms with Crippen LogP contribution in [-0.2, 0) is 4.79 Å². The molecule has 1 fully saturated rings. The van der Waals surface area contributed by atoms with Crippen LogP contribution in [-0.4, -0.2) is 21.0 Å². The number of pyridine rings is 1. The molecule has 0 spiro atoms. The number of benzene rings is 1. The van der Waals surface area contributed by atoms with Gasteiger partial charge in [-0.1, -0.05) is 18.2 Å². The molecule has 1 aliphatic heterocycles. The van der Waals surface area contributed by atoms with E-state index < -0.39 is 4.92 Å². The number of para-hydroxylation sites is 2. The average molecular weight is 326 g/mol. The monoisotopic (exact) mass is 326 g/mol. The number of rotatable bonds is 3. The van der Waals surface area contributed by atoms with Crippen molar-refractivity contribution >= 4 is 40.3 Å². The standard InChI is InChI=1S/C15H10N4O3S/c20-14-13(9-10-5-3-4-8-16-10)23-15(18-14)17-11-6-1-2-7-12(11)19(21)22/h1-9H,(H,17,18,20)/b13-9+. The molecule has 0 bridgehead atoms. The summed E-state index contributed by atoms with van der Waals surface area (Å²) in [7, 11) is 0. The maximum absolute atomic E-state index is 12.0. The number of nitrogens with zero attached hydrogens (tertiary/aromatic N) is 3. The zero-order chi connectivity index (χ0) is 16.2. The second-order valence-electron chi connectivity index (χ2n) is 4.48. The molecule has 0 atom stereocenters. The lowest BCUT2D eigenvalue weighted by Gasteiger charge is -1.98. The number of aromatic nitrogens is 1. The van der Waals surface area contributed by atoms with Gasteiger partial charge in [0.2, 0.25) is 0 Å². The Balaban J connectivity index is 1.88. The van der Waals surface area contributed by atoms with Crippen LogP contribution in [0.4, 0.5) is 11.4 Å². The topological polar surface area (TPSA) is 97.5 Å². The molecule has 7 nitrogen and oxygen atoms in total. The lowest BCUT2D eigenvalue weighted by molar-refractivity contribution is -0.384. The van der Waals surface area contributed by atoms with Gasteiger partial charge in [-0.15, -0.1) is 0 Å². The van der Waals surface area contributed by atoms with Gasteiger partial charge in [0.1, 0.15) is 5.69 Å². The van der Waals surface area contributed by atoms with Crippen LogP contribution in [0, 0.1) is 10.1 Å². The Morgan fingerprint density at radius 1 is 1.22 bits per heavy atom. The van der Waals surface area contributed by atoms with E-state index in [1.807, 2.05) is 6.07 Å². The van der Waals surface area contributed by atoms with Gasteiger partial charge in [0.25, 0.3) is 11.6 Å². The van der Waals surface area contributed by atoms with E-state index in [1.54, 1.807) is 36.5 Å². The van der Waals surface area contributed by atoms with Gasteiger partial charge in [0.05, 0.1) is 15.5 Å². The molecule has 2 heterocycles. The molecule has 2 aromatic rings. The number of aliphatic imine (C=N–C) groups is 1. The SMILES string of the molecule is O=C1NC(=Nc2ccccc2[N+](=O)[O-])S/C1=C/c1ccccn1. The van der Waals surface area contributed by atoms with Crippen molar-refractivity contribution in [2.75, 3.05) is 0 Å². The largest absolute Gasteiger partial charge is 0.300 e. The molecule has 1 aromatic carbocycles. The quantitative estimate of drug-likeness (QED) is 0.531. The Hall–Kier alpha value is -3.00. The van der Waals surface area contributed by atoms with Gasteiger partial charge in [-0.25, -0.2) is 4.99 Å². The van der Waals surface area contributed by atoms with Gasteiger partial charge in [0.15, 0.2) is 5.17 Å². The number of thioether (sulfide) groups is 1. The van der Waals surface area contributed by atoms with Crippen molar-refractivity contribution < 1.29 is 9.72 Å². The fourth-order valence-electron chi connectivity index (χ4n) is 1.90. The number of nitro groups is 1. The van der Waals surface area contributed by atoms with Crippen molar-refractivity contribution in [2.45, 2.75) is 0 Å². The highest BCUT2D eigenvalue weighted by Crippen LogP contribution is 2.31. The van der Waals surface area contributed by atoms with Crippen LogP contribution in [0.2, 0.25) is 0 Å². The first-order valence-corrected chi connectivity index (χ1v) is 7.39. The van der Waals surface area contributed by atoms with Gasteiger partial charge in [0, 0.05) is 12.3 Å². The van der Waals surface area contributed by atoms with E-state index in [0.717, 1.165) is 11.8 Å². The number of nitrogens with one attached hydrogen (secondary N) is 1. The van der Waals surface area contributed by atoms with Crippen LogP contribution in [0.15, 0.2) is 58.6 Å². The summed E-state index contributed by atoms with van der Waals surface area (Å²) in [4.78, 5) is 31.2. The Kier molecular flexibility index (Phi) is 4.15. The molecule has 8 heteroatoms. The van der Waals surface area contributed by atoms with E-state index in [4.69, 9.17) is 0 Å². The fourth-order valence-corrected chi connectivity index (χ4v) is 2.72. The molecular weight excluding hydrogens is 316 g/mol. The Bertz CT molecular complexity index is 834. The highest BCUT2D eigenvalue weighted by Gasteiger charge is 2.25. The summed E-state index contributed by atoms with van der Waals surface area (Å²) in [5, 5.41) is 13.9. The van der Waals surface area contributed by atoms with E-state index in [2.05, 4.69) is 15.3 Å². The molecule has 3 rings (SSSR count). The summed E-state index contributed by atoms with van der Waals surface area (Å²) in [6, 6.07) is 11.5. The van der Waals surface area contributed by atoms with Crippen LogP contribution in [0.1, 0.15) is 5.69 Å². The molecule has 114 valence electrons. The zero-order valence-electron chi connectivity index (χ0n) is 11.7. The minimum absolute atomic E-state index is 0.114. The molecule has 1 saturated heterocycles. The lowest BCUT2D eigenvalue weighted by atomic mass is 10.3. The van der Waals surface area contributed by atoms with E-state index in [1.165, 1.54) is 12.1 Å². The molecule has 1 aliphatic rings. The number of hydrogen-bond donors (Lipinski definition) is 1. The van der Waals surface area contributed by atoms with E-state index in [-0.39, 0.29) is 17.3 Å². The van der Waals surface area contributed by atoms with E-state index in [0.29, 0.717) is 15.8 Å². The van der Waals surface area contributed by atoms with Gasteiger partial charge in [-0.2, -0.15) is 0 Å². The first-order chi connectivity index (χ1) is 11.1. The van der Waals surface area contributed by atoms with Gasteiger partial charge in [-0.3, -0.25) is 19.9 Å². The summed E-state index contributed by atoms with van der Waals surface area (Å²) in [5.74, 6) is -0.307. The number of nitro benzene ring substituents is 1. The summed E-state index contributed by atoms with van der Waals surface area (Å²) >= 11 is 1.12. The summed E-state index contributed by atoms with van der Waals surface area (Å²) in [6.45, 7) is 0. The second kappa shape index (κ2) is 6.41. The Morgan fingerprint density at radius 2 is 2.00 bits per heavy atom. The van der Waals surface area contributed by atoms with Crippen LogP contribution in [0.3, 0.4) is 0 Å². The molecule has 1 aromatic heterocycles. The maximum atomic E-state index is 12.0. The normalized spacial score (nSPS) is 17.5. The number of carbonyl (C=O) groups excluding carboxylic acids is 1. The minimum atomic E-state index is -0.508. The number of carbonyl (C=O) groups is 1. The molecule has 1 amide bonds. The summed E-state index contributed by atoms with van der Waals surface area (Å²) < 4.78 is 0. The highest BCUT2D eigenvalue weighted by molar-refractivity contribution is 8.18. The van der Waals surface area contributed by atoms with Gasteiger partial charge < -0.3 is 5.32 Å². The summed E-state index contributed by atoms with van der Waals surface area (Å²) in [5.41, 5.74) is 0.730. The molecule has 23 heavy (non-hydrogen) atoms. The van der Waals surface area contributed by atoms with E-state index >= 15 is 0 Å². The highest BCUT2D eigenvalue weighted by atomic mass is 32.2. The number of hydrogen-bond acceptors (Lipinski definition) is 6. The Labute approximate surface area is 135 Å². The van der Waals surface area contributed by atoms with Crippen LogP contribution < -0.4 is 5.32 Å². The average Bonchev–Trinajstić information content (AvgIpc) is 2.88. The van der Waals surface area contributed by atoms with E-state index in [9.17, 15) is 14.9 Å². The Morgan fingerprint density at radius 3 is 2.74 bits per heavy atom. The van der Waals surface area contributed by atoms with Crippen molar-refractivity contribution in [2.24, 2.45) is 4.99 Å². The molecule has 0 saturated carbocycles. The molecule has 0 aliphatic carbocycles. The minimum Gasteiger partial charge on any atom is -0.300 e. The third-order valence-corrected chi connectivity index (χ3v) is 3.83. The predicted molar refractivity (Wildman–Crippen MR) is 88.1 cm³/mol. The lowest BCUT2D eigenvalue weighted by Crippen LogP contribution is -2.19. The second-order valence-corrected chi connectivity index (χ2v) is 5.51. The maximum Gasteiger partial charge on any atom is 0.294 e. The number of amidine groups is 1. The van der Waals surface area contributed by atoms with Crippen LogP contribution >= 0.6 is 11.8 Å². The smallest absolute Gasteiger partial charge is 0.294 e. The molecule has 1 N–H and O–H groups in total. The molecule has 0 radical (unpaired) electrons. The summed E-state index contributed by atoms with van der Waals surface area (Å²) in [6.07, 6.45) is 3.27. The molecular formula is C15H10N4O3S. The van der Waals surface area contributed by atoms with Crippen molar-refractivity contribution in [3.63, 3.8) is 0 Å². The first kappa shape index (κ1) is 14.9. The third-order valence-electron chi connectivity index (χ3n) is 2.92. The van der Waals surface area contributed by atoms with Gasteiger partial charge >= 0.3 is 0 Å². The zero-order valence-corrected chi connectivity index (χ0v) is 12.5. The van der Waals surface area contributed by atoms with Crippen molar-refractivity contribution in [1.29, 1.82) is 0 Å². The third kappa shape index (κ3) is 3.43. The fraction of sp³-hybridized carbons (Fsp3) is 0. The first-order valence-electron chi connectivity index (χ1n) is 6.57. The number of amides is 1.